The molecule has 1 saturated carbocycles. The van der Waals surface area contributed by atoms with E-state index in [0.717, 1.165) is 69.5 Å². The van der Waals surface area contributed by atoms with Crippen LogP contribution in [0.5, 0.6) is 0 Å². The molecule has 2 aromatic rings. The smallest absolute Gasteiger partial charge is 0.278 e. The monoisotopic (exact) mass is 444 g/mol. The Morgan fingerprint density at radius 2 is 1.73 bits per heavy atom. The molecule has 2 aliphatic heterocycles. The Labute approximate surface area is 197 Å². The molecule has 0 radical (unpaired) electrons. The molecule has 0 bridgehead atoms. The van der Waals surface area contributed by atoms with Gasteiger partial charge >= 0.3 is 0 Å². The van der Waals surface area contributed by atoms with Gasteiger partial charge in [0.15, 0.2) is 6.54 Å². The van der Waals surface area contributed by atoms with Gasteiger partial charge in [0, 0.05) is 45.3 Å². The van der Waals surface area contributed by atoms with E-state index in [1.54, 1.807) is 0 Å². The summed E-state index contributed by atoms with van der Waals surface area (Å²) < 4.78 is 0.715. The number of nitriles is 1. The predicted molar refractivity (Wildman–Crippen MR) is 132 cm³/mol. The number of rotatable bonds is 5. The van der Waals surface area contributed by atoms with Crippen LogP contribution in [0, 0.1) is 11.3 Å². The summed E-state index contributed by atoms with van der Waals surface area (Å²) in [5.41, 5.74) is 4.03. The third-order valence-corrected chi connectivity index (χ3v) is 7.87. The molecule has 2 heterocycles. The van der Waals surface area contributed by atoms with Gasteiger partial charge in [-0.25, -0.2) is 0 Å². The fourth-order valence-electron chi connectivity index (χ4n) is 5.52. The predicted octanol–water partition coefficient (Wildman–Crippen LogP) is 2.83. The quantitative estimate of drug-likeness (QED) is 0.721. The highest BCUT2D eigenvalue weighted by molar-refractivity contribution is 5.81. The van der Waals surface area contributed by atoms with Gasteiger partial charge in [0.25, 0.3) is 5.91 Å². The van der Waals surface area contributed by atoms with Crippen molar-refractivity contribution in [1.29, 1.82) is 5.26 Å². The number of piperazine rings is 2. The average Bonchev–Trinajstić information content (AvgIpc) is 2.84. The molecule has 0 aromatic heterocycles. The molecule has 0 atom stereocenters. The number of hydrogen-bond acceptors (Lipinski definition) is 4. The molecule has 33 heavy (non-hydrogen) atoms. The summed E-state index contributed by atoms with van der Waals surface area (Å²) in [7, 11) is 0. The van der Waals surface area contributed by atoms with E-state index in [-0.39, 0.29) is 5.91 Å². The fourth-order valence-corrected chi connectivity index (χ4v) is 5.52. The third kappa shape index (κ3) is 4.67. The number of carbonyl (C=O) groups is 1. The summed E-state index contributed by atoms with van der Waals surface area (Å²) >= 11 is 0. The van der Waals surface area contributed by atoms with Crippen LogP contribution in [-0.4, -0.2) is 80.7 Å². The van der Waals surface area contributed by atoms with Crippen molar-refractivity contribution >= 4 is 11.6 Å². The Kier molecular flexibility index (Phi) is 6.45. The topological polar surface area (TPSA) is 59.4 Å². The average molecular weight is 445 g/mol. The number of quaternary nitrogens is 1. The van der Waals surface area contributed by atoms with Crippen molar-refractivity contribution < 1.29 is 4.79 Å². The molecular formula is C27H34N5O+. The normalized spacial score (nSPS) is 21.2. The minimum absolute atomic E-state index is 0.288. The van der Waals surface area contributed by atoms with Crippen LogP contribution in [0.15, 0.2) is 48.5 Å². The van der Waals surface area contributed by atoms with Gasteiger partial charge in [0.05, 0.1) is 24.7 Å². The molecule has 6 heteroatoms. The molecule has 1 N–H and O–H groups in total. The standard InChI is InChI=1S/C27H34N5O/c28-20-22-3-1-4-24(19-22)23-7-9-26(10-8-23)32(17-11-29-12-18-32)21-27(33)31-15-13-30(14-16-31)25-5-2-6-25/h1,3-4,7-10,19,25,29H,2,5-6,11-18,21H2/q+1. The second-order valence-corrected chi connectivity index (χ2v) is 9.74. The molecule has 2 saturated heterocycles. The first-order chi connectivity index (χ1) is 16.2. The molecule has 3 aliphatic rings. The number of nitrogens with zero attached hydrogens (tertiary/aromatic N) is 4. The molecule has 172 valence electrons. The van der Waals surface area contributed by atoms with E-state index < -0.39 is 0 Å². The van der Waals surface area contributed by atoms with E-state index in [0.29, 0.717) is 16.6 Å². The van der Waals surface area contributed by atoms with Crippen molar-refractivity contribution in [3.8, 4) is 17.2 Å². The largest absolute Gasteiger partial charge is 0.335 e. The Morgan fingerprint density at radius 3 is 2.36 bits per heavy atom. The summed E-state index contributed by atoms with van der Waals surface area (Å²) in [4.78, 5) is 18.1. The molecule has 6 nitrogen and oxygen atoms in total. The van der Waals surface area contributed by atoms with Crippen molar-refractivity contribution in [3.63, 3.8) is 0 Å². The maximum Gasteiger partial charge on any atom is 0.278 e. The van der Waals surface area contributed by atoms with Gasteiger partial charge in [-0.15, -0.1) is 0 Å². The fraction of sp³-hybridized carbons (Fsp3) is 0.481. The lowest BCUT2D eigenvalue weighted by molar-refractivity contribution is -0.134. The van der Waals surface area contributed by atoms with E-state index in [2.05, 4.69) is 45.5 Å². The van der Waals surface area contributed by atoms with Crippen molar-refractivity contribution in [2.24, 2.45) is 0 Å². The minimum Gasteiger partial charge on any atom is -0.335 e. The number of amides is 1. The molecular weight excluding hydrogens is 410 g/mol. The van der Waals surface area contributed by atoms with E-state index in [1.807, 2.05) is 24.3 Å². The number of hydrogen-bond donors (Lipinski definition) is 1. The second kappa shape index (κ2) is 9.64. The van der Waals surface area contributed by atoms with Crippen LogP contribution in [0.3, 0.4) is 0 Å². The van der Waals surface area contributed by atoms with Gasteiger partial charge in [-0.05, 0) is 60.4 Å². The number of carbonyl (C=O) groups excluding carboxylic acids is 1. The zero-order valence-corrected chi connectivity index (χ0v) is 19.4. The Balaban J connectivity index is 1.30. The molecule has 5 rings (SSSR count). The summed E-state index contributed by atoms with van der Waals surface area (Å²) in [6.07, 6.45) is 4.02. The Bertz CT molecular complexity index is 1010. The van der Waals surface area contributed by atoms with Crippen LogP contribution >= 0.6 is 0 Å². The number of nitrogens with one attached hydrogen (secondary N) is 1. The van der Waals surface area contributed by atoms with Crippen LogP contribution in [-0.2, 0) is 4.79 Å². The lowest BCUT2D eigenvalue weighted by Crippen LogP contribution is -2.64. The summed E-state index contributed by atoms with van der Waals surface area (Å²) in [6.45, 7) is 8.01. The lowest BCUT2D eigenvalue weighted by atomic mass is 9.91. The maximum atomic E-state index is 13.4. The lowest BCUT2D eigenvalue weighted by Gasteiger charge is -2.45. The second-order valence-electron chi connectivity index (χ2n) is 9.74. The maximum absolute atomic E-state index is 13.4. The first-order valence-corrected chi connectivity index (χ1v) is 12.4. The van der Waals surface area contributed by atoms with Crippen LogP contribution in [0.2, 0.25) is 0 Å². The van der Waals surface area contributed by atoms with Crippen LogP contribution in [0.4, 0.5) is 5.69 Å². The molecule has 0 unspecified atom stereocenters. The summed E-state index contributed by atoms with van der Waals surface area (Å²) in [5, 5.41) is 12.7. The van der Waals surface area contributed by atoms with E-state index in [9.17, 15) is 10.1 Å². The van der Waals surface area contributed by atoms with E-state index in [4.69, 9.17) is 0 Å². The molecule has 2 aromatic carbocycles. The van der Waals surface area contributed by atoms with Crippen molar-refractivity contribution in [1.82, 2.24) is 19.6 Å². The van der Waals surface area contributed by atoms with Crippen molar-refractivity contribution in [2.45, 2.75) is 25.3 Å². The summed E-state index contributed by atoms with van der Waals surface area (Å²) in [6, 6.07) is 19.3. The van der Waals surface area contributed by atoms with Gasteiger partial charge in [-0.1, -0.05) is 18.6 Å². The third-order valence-electron chi connectivity index (χ3n) is 7.87. The minimum atomic E-state index is 0.288. The first kappa shape index (κ1) is 22.1. The van der Waals surface area contributed by atoms with Gasteiger partial charge in [0.1, 0.15) is 5.69 Å². The molecule has 1 aliphatic carbocycles. The van der Waals surface area contributed by atoms with Crippen molar-refractivity contribution in [3.05, 3.63) is 54.1 Å². The summed E-state index contributed by atoms with van der Waals surface area (Å²) in [5.74, 6) is 0.288. The Hall–Kier alpha value is -2.72. The highest BCUT2D eigenvalue weighted by Crippen LogP contribution is 2.29. The van der Waals surface area contributed by atoms with Crippen LogP contribution < -0.4 is 9.80 Å². The molecule has 0 spiro atoms. The van der Waals surface area contributed by atoms with Gasteiger partial charge in [-0.3, -0.25) is 14.2 Å². The zero-order chi connectivity index (χ0) is 22.7. The first-order valence-electron chi connectivity index (χ1n) is 12.4. The van der Waals surface area contributed by atoms with E-state index >= 15 is 0 Å². The Morgan fingerprint density at radius 1 is 1.00 bits per heavy atom. The molecule has 1 amide bonds. The van der Waals surface area contributed by atoms with Gasteiger partial charge in [0.2, 0.25) is 0 Å². The van der Waals surface area contributed by atoms with Crippen molar-refractivity contribution in [2.75, 3.05) is 58.9 Å². The van der Waals surface area contributed by atoms with Gasteiger partial charge < -0.3 is 10.2 Å². The van der Waals surface area contributed by atoms with Gasteiger partial charge in [-0.2, -0.15) is 5.26 Å². The number of benzene rings is 2. The van der Waals surface area contributed by atoms with Crippen LogP contribution in [0.1, 0.15) is 24.8 Å². The molecule has 3 fully saturated rings. The SMILES string of the molecule is N#Cc1cccc(-c2ccc([N+]3(CC(=O)N4CCN(C5CCC5)CC4)CCNCC3)cc2)c1. The van der Waals surface area contributed by atoms with E-state index in [1.165, 1.54) is 24.9 Å². The zero-order valence-electron chi connectivity index (χ0n) is 19.4. The highest BCUT2D eigenvalue weighted by Gasteiger charge is 2.37. The highest BCUT2D eigenvalue weighted by atomic mass is 16.2. The van der Waals surface area contributed by atoms with Crippen LogP contribution in [0.25, 0.3) is 11.1 Å².